The number of benzene rings is 1. The molecule has 0 aliphatic carbocycles. The summed E-state index contributed by atoms with van der Waals surface area (Å²) in [6.07, 6.45) is 1.72. The lowest BCUT2D eigenvalue weighted by atomic mass is 10.2. The quantitative estimate of drug-likeness (QED) is 0.759. The largest absolute Gasteiger partial charge is 0.495 e. The second-order valence-electron chi connectivity index (χ2n) is 3.86. The zero-order chi connectivity index (χ0) is 14.0. The van der Waals surface area contributed by atoms with Gasteiger partial charge in [0.2, 0.25) is 0 Å². The maximum absolute atomic E-state index is 5.36. The van der Waals surface area contributed by atoms with E-state index in [0.717, 1.165) is 31.9 Å². The summed E-state index contributed by atoms with van der Waals surface area (Å²) in [5.74, 6) is 2.21. The minimum atomic E-state index is 0.732. The molecule has 0 fully saturated rings. The molecule has 7 heteroatoms. The SMILES string of the molecule is COc1c(Br)cc(Br)cc1/C=N\n1c(C)nnc1C. The predicted octanol–water partition coefficient (Wildman–Crippen LogP) is 3.31. The molecule has 100 valence electrons. The van der Waals surface area contributed by atoms with Crippen molar-refractivity contribution >= 4 is 38.1 Å². The predicted molar refractivity (Wildman–Crippen MR) is 80.9 cm³/mol. The third kappa shape index (κ3) is 3.03. The zero-order valence-corrected chi connectivity index (χ0v) is 13.9. The Morgan fingerprint density at radius 3 is 2.42 bits per heavy atom. The van der Waals surface area contributed by atoms with Gasteiger partial charge in [0, 0.05) is 10.0 Å². The van der Waals surface area contributed by atoms with Gasteiger partial charge in [0.05, 0.1) is 17.8 Å². The van der Waals surface area contributed by atoms with Crippen LogP contribution in [0.25, 0.3) is 0 Å². The average molecular weight is 388 g/mol. The van der Waals surface area contributed by atoms with Crippen LogP contribution in [0.15, 0.2) is 26.2 Å². The summed E-state index contributed by atoms with van der Waals surface area (Å²) in [6.45, 7) is 3.71. The minimum absolute atomic E-state index is 0.732. The molecule has 1 aromatic carbocycles. The van der Waals surface area contributed by atoms with Crippen LogP contribution < -0.4 is 4.74 Å². The number of halogens is 2. The van der Waals surface area contributed by atoms with E-state index in [4.69, 9.17) is 4.74 Å². The fourth-order valence-electron chi connectivity index (χ4n) is 1.64. The van der Waals surface area contributed by atoms with Crippen molar-refractivity contribution in [2.24, 2.45) is 5.10 Å². The zero-order valence-electron chi connectivity index (χ0n) is 10.7. The van der Waals surface area contributed by atoms with Gasteiger partial charge >= 0.3 is 0 Å². The van der Waals surface area contributed by atoms with E-state index in [9.17, 15) is 0 Å². The van der Waals surface area contributed by atoms with Crippen LogP contribution in [0.2, 0.25) is 0 Å². The first kappa shape index (κ1) is 14.2. The van der Waals surface area contributed by atoms with Crippen molar-refractivity contribution in [3.05, 3.63) is 38.3 Å². The van der Waals surface area contributed by atoms with Crippen molar-refractivity contribution in [2.75, 3.05) is 7.11 Å². The third-order valence-corrected chi connectivity index (χ3v) is 3.55. The maximum Gasteiger partial charge on any atom is 0.151 e. The van der Waals surface area contributed by atoms with Crippen molar-refractivity contribution in [2.45, 2.75) is 13.8 Å². The molecule has 0 saturated carbocycles. The first-order valence-corrected chi connectivity index (χ1v) is 7.07. The Hall–Kier alpha value is -1.21. The number of hydrogen-bond donors (Lipinski definition) is 0. The highest BCUT2D eigenvalue weighted by Gasteiger charge is 2.08. The molecule has 0 atom stereocenters. The Bertz CT molecular complexity index is 617. The molecule has 0 aliphatic heterocycles. The lowest BCUT2D eigenvalue weighted by Gasteiger charge is -2.08. The van der Waals surface area contributed by atoms with Crippen LogP contribution in [0.3, 0.4) is 0 Å². The molecular formula is C12H12Br2N4O. The van der Waals surface area contributed by atoms with E-state index in [1.54, 1.807) is 18.0 Å². The van der Waals surface area contributed by atoms with Gasteiger partial charge in [-0.2, -0.15) is 5.10 Å². The van der Waals surface area contributed by atoms with Gasteiger partial charge in [0.15, 0.2) is 11.6 Å². The molecule has 19 heavy (non-hydrogen) atoms. The Morgan fingerprint density at radius 1 is 1.21 bits per heavy atom. The molecular weight excluding hydrogens is 376 g/mol. The molecule has 5 nitrogen and oxygen atoms in total. The van der Waals surface area contributed by atoms with Gasteiger partial charge in [-0.05, 0) is 41.9 Å². The molecule has 0 radical (unpaired) electrons. The normalized spacial score (nSPS) is 11.2. The summed E-state index contributed by atoms with van der Waals surface area (Å²) >= 11 is 6.90. The monoisotopic (exact) mass is 386 g/mol. The van der Waals surface area contributed by atoms with E-state index in [0.29, 0.717) is 0 Å². The molecule has 2 rings (SSSR count). The highest BCUT2D eigenvalue weighted by molar-refractivity contribution is 9.11. The summed E-state index contributed by atoms with van der Waals surface area (Å²) in [5.41, 5.74) is 0.858. The summed E-state index contributed by atoms with van der Waals surface area (Å²) in [4.78, 5) is 0. The molecule has 0 saturated heterocycles. The standard InChI is InChI=1S/C12H12Br2N4O/c1-7-16-17-8(2)18(7)15-6-9-4-10(13)5-11(14)12(9)19-3/h4-6H,1-3H3/b15-6-. The topological polar surface area (TPSA) is 52.3 Å². The highest BCUT2D eigenvalue weighted by atomic mass is 79.9. The molecule has 0 N–H and O–H groups in total. The van der Waals surface area contributed by atoms with Crippen LogP contribution in [0.5, 0.6) is 5.75 Å². The molecule has 0 unspecified atom stereocenters. The number of ether oxygens (including phenoxy) is 1. The number of hydrogen-bond acceptors (Lipinski definition) is 4. The van der Waals surface area contributed by atoms with Crippen LogP contribution in [0, 0.1) is 13.8 Å². The smallest absolute Gasteiger partial charge is 0.151 e. The van der Waals surface area contributed by atoms with Crippen LogP contribution in [-0.4, -0.2) is 28.2 Å². The lowest BCUT2D eigenvalue weighted by molar-refractivity contribution is 0.411. The molecule has 1 heterocycles. The van der Waals surface area contributed by atoms with Gasteiger partial charge in [0.25, 0.3) is 0 Å². The number of nitrogens with zero attached hydrogens (tertiary/aromatic N) is 4. The van der Waals surface area contributed by atoms with Crippen molar-refractivity contribution in [3.63, 3.8) is 0 Å². The fourth-order valence-corrected chi connectivity index (χ4v) is 3.06. The second kappa shape index (κ2) is 5.83. The van der Waals surface area contributed by atoms with Gasteiger partial charge in [-0.1, -0.05) is 15.9 Å². The van der Waals surface area contributed by atoms with Crippen LogP contribution in [0.1, 0.15) is 17.2 Å². The van der Waals surface area contributed by atoms with Gasteiger partial charge in [-0.25, -0.2) is 4.68 Å². The number of rotatable bonds is 3. The maximum atomic E-state index is 5.36. The molecule has 1 aromatic heterocycles. The summed E-state index contributed by atoms with van der Waals surface area (Å²) in [5, 5.41) is 12.3. The third-order valence-electron chi connectivity index (χ3n) is 2.51. The Kier molecular flexibility index (Phi) is 4.36. The minimum Gasteiger partial charge on any atom is -0.495 e. The van der Waals surface area contributed by atoms with Crippen LogP contribution in [-0.2, 0) is 0 Å². The number of methoxy groups -OCH3 is 1. The molecule has 0 spiro atoms. The van der Waals surface area contributed by atoms with E-state index >= 15 is 0 Å². The Balaban J connectivity index is 2.44. The van der Waals surface area contributed by atoms with E-state index in [2.05, 4.69) is 47.2 Å². The Morgan fingerprint density at radius 2 is 1.84 bits per heavy atom. The van der Waals surface area contributed by atoms with Gasteiger partial charge in [-0.15, -0.1) is 10.2 Å². The van der Waals surface area contributed by atoms with E-state index in [1.165, 1.54) is 0 Å². The highest BCUT2D eigenvalue weighted by Crippen LogP contribution is 2.31. The van der Waals surface area contributed by atoms with Crippen molar-refractivity contribution in [1.82, 2.24) is 14.9 Å². The van der Waals surface area contributed by atoms with E-state index in [-0.39, 0.29) is 0 Å². The molecule has 2 aromatic rings. The van der Waals surface area contributed by atoms with Crippen molar-refractivity contribution < 1.29 is 4.74 Å². The second-order valence-corrected chi connectivity index (χ2v) is 5.63. The van der Waals surface area contributed by atoms with Crippen molar-refractivity contribution in [3.8, 4) is 5.75 Å². The van der Waals surface area contributed by atoms with Crippen molar-refractivity contribution in [1.29, 1.82) is 0 Å². The van der Waals surface area contributed by atoms with Gasteiger partial charge < -0.3 is 4.74 Å². The molecule has 0 amide bonds. The first-order valence-electron chi connectivity index (χ1n) is 5.49. The molecule has 0 bridgehead atoms. The summed E-state index contributed by atoms with van der Waals surface area (Å²) in [6, 6.07) is 3.85. The van der Waals surface area contributed by atoms with Crippen LogP contribution in [0.4, 0.5) is 0 Å². The fraction of sp³-hybridized carbons (Fsp3) is 0.250. The number of aryl methyl sites for hydroxylation is 2. The number of aromatic nitrogens is 3. The van der Waals surface area contributed by atoms with Gasteiger partial charge in [0.1, 0.15) is 5.75 Å². The lowest BCUT2D eigenvalue weighted by Crippen LogP contribution is -1.98. The molecule has 0 aliphatic rings. The van der Waals surface area contributed by atoms with Gasteiger partial charge in [-0.3, -0.25) is 0 Å². The van der Waals surface area contributed by atoms with E-state index < -0.39 is 0 Å². The Labute approximate surface area is 127 Å². The van der Waals surface area contributed by atoms with E-state index in [1.807, 2.05) is 26.0 Å². The summed E-state index contributed by atoms with van der Waals surface area (Å²) in [7, 11) is 1.63. The first-order chi connectivity index (χ1) is 9.02. The average Bonchev–Trinajstić information content (AvgIpc) is 2.66. The van der Waals surface area contributed by atoms with Crippen LogP contribution >= 0.6 is 31.9 Å². The summed E-state index contributed by atoms with van der Waals surface area (Å²) < 4.78 is 8.84.